The Bertz CT molecular complexity index is 628. The molecule has 1 N–H and O–H groups in total. The minimum atomic E-state index is -3.34. The third kappa shape index (κ3) is 2.78. The molecular formula is C16H24F2N4OS. The van der Waals surface area contributed by atoms with Crippen molar-refractivity contribution in [2.75, 3.05) is 11.4 Å². The number of aromatic nitrogens is 2. The van der Waals surface area contributed by atoms with E-state index in [1.807, 2.05) is 20.8 Å². The van der Waals surface area contributed by atoms with Crippen LogP contribution in [0.15, 0.2) is 0 Å². The van der Waals surface area contributed by atoms with Gasteiger partial charge in [-0.1, -0.05) is 20.8 Å². The lowest BCUT2D eigenvalue weighted by Crippen LogP contribution is -2.75. The van der Waals surface area contributed by atoms with Crippen LogP contribution in [0.1, 0.15) is 46.4 Å². The fraction of sp³-hybridized carbons (Fsp3) is 0.812. The van der Waals surface area contributed by atoms with Gasteiger partial charge in [0.2, 0.25) is 5.13 Å². The van der Waals surface area contributed by atoms with Gasteiger partial charge in [-0.3, -0.25) is 4.79 Å². The van der Waals surface area contributed by atoms with Crippen molar-refractivity contribution >= 4 is 22.6 Å². The van der Waals surface area contributed by atoms with E-state index >= 15 is 0 Å². The molecule has 24 heavy (non-hydrogen) atoms. The highest BCUT2D eigenvalue weighted by atomic mass is 32.1. The summed E-state index contributed by atoms with van der Waals surface area (Å²) in [4.78, 5) is 18.6. The highest BCUT2D eigenvalue weighted by Crippen LogP contribution is 2.53. The number of aryl methyl sites for hydroxylation is 1. The van der Waals surface area contributed by atoms with Gasteiger partial charge in [0.05, 0.1) is 0 Å². The van der Waals surface area contributed by atoms with Gasteiger partial charge in [-0.15, -0.1) is 0 Å². The first-order valence-corrected chi connectivity index (χ1v) is 9.21. The molecule has 1 aliphatic carbocycles. The van der Waals surface area contributed by atoms with Crippen LogP contribution in [-0.2, 0) is 11.2 Å². The van der Waals surface area contributed by atoms with Crippen molar-refractivity contribution in [3.63, 3.8) is 0 Å². The van der Waals surface area contributed by atoms with Gasteiger partial charge in [0.15, 0.2) is 0 Å². The number of carbonyl (C=O) groups is 1. The number of nitrogens with zero attached hydrogens (tertiary/aromatic N) is 3. The summed E-state index contributed by atoms with van der Waals surface area (Å²) in [6.07, 6.45) is 2.70. The molecule has 8 heteroatoms. The minimum Gasteiger partial charge on any atom is -0.347 e. The van der Waals surface area contributed by atoms with Gasteiger partial charge in [-0.25, -0.2) is 4.98 Å². The zero-order valence-corrected chi connectivity index (χ0v) is 15.3. The number of hydrogen-bond donors (Lipinski definition) is 1. The molecule has 1 aromatic rings. The van der Waals surface area contributed by atoms with Gasteiger partial charge >= 0.3 is 5.92 Å². The molecule has 1 saturated heterocycles. The number of piperidine rings is 1. The third-order valence-corrected chi connectivity index (χ3v) is 6.17. The van der Waals surface area contributed by atoms with Crippen LogP contribution in [0.4, 0.5) is 13.9 Å². The molecule has 2 heterocycles. The summed E-state index contributed by atoms with van der Waals surface area (Å²) in [5.74, 6) is -3.51. The quantitative estimate of drug-likeness (QED) is 0.899. The van der Waals surface area contributed by atoms with Crippen LogP contribution >= 0.6 is 11.5 Å². The van der Waals surface area contributed by atoms with Crippen molar-refractivity contribution < 1.29 is 13.6 Å². The second-order valence-corrected chi connectivity index (χ2v) is 8.18. The van der Waals surface area contributed by atoms with Crippen LogP contribution in [0.5, 0.6) is 0 Å². The number of hydrogen-bond acceptors (Lipinski definition) is 5. The summed E-state index contributed by atoms with van der Waals surface area (Å²) in [5.41, 5.74) is -0.288. The van der Waals surface area contributed by atoms with Crippen molar-refractivity contribution in [3.8, 4) is 0 Å². The van der Waals surface area contributed by atoms with Crippen molar-refractivity contribution in [3.05, 3.63) is 5.82 Å². The van der Waals surface area contributed by atoms with Crippen molar-refractivity contribution in [1.29, 1.82) is 0 Å². The second-order valence-electron chi connectivity index (χ2n) is 7.45. The van der Waals surface area contributed by atoms with E-state index in [9.17, 15) is 13.6 Å². The van der Waals surface area contributed by atoms with Gasteiger partial charge in [-0.2, -0.15) is 13.2 Å². The van der Waals surface area contributed by atoms with Gasteiger partial charge in [-0.05, 0) is 12.8 Å². The van der Waals surface area contributed by atoms with Crippen LogP contribution in [0.3, 0.4) is 0 Å². The average Bonchev–Trinajstić information content (AvgIpc) is 2.99. The molecule has 0 spiro atoms. The van der Waals surface area contributed by atoms with Crippen LogP contribution in [-0.4, -0.2) is 39.8 Å². The SMILES string of the molecule is CCc1nsc(N2CCCC3C(NC(=O)C(C)(F)F)C(C)(C)C32)n1. The highest BCUT2D eigenvalue weighted by molar-refractivity contribution is 7.09. The number of anilines is 1. The average molecular weight is 358 g/mol. The van der Waals surface area contributed by atoms with E-state index in [0.717, 1.165) is 36.8 Å². The fourth-order valence-corrected chi connectivity index (χ4v) is 5.04. The molecule has 1 aliphatic heterocycles. The maximum Gasteiger partial charge on any atom is 0.321 e. The summed E-state index contributed by atoms with van der Waals surface area (Å²) >= 11 is 1.40. The van der Waals surface area contributed by atoms with Crippen LogP contribution in [0, 0.1) is 11.3 Å². The molecule has 0 radical (unpaired) electrons. The predicted molar refractivity (Wildman–Crippen MR) is 89.5 cm³/mol. The minimum absolute atomic E-state index is 0.175. The standard InChI is InChI=1S/C16H24F2N4OS/c1-5-10-19-14(24-21-10)22-8-6-7-9-11(15(2,3)12(9)22)20-13(23)16(4,17)18/h9,11-12H,5-8H2,1-4H3,(H,20,23). The smallest absolute Gasteiger partial charge is 0.321 e. The number of nitrogens with one attached hydrogen (secondary N) is 1. The van der Waals surface area contributed by atoms with Crippen LogP contribution < -0.4 is 10.2 Å². The number of carbonyl (C=O) groups excluding carboxylic acids is 1. The molecule has 5 nitrogen and oxygen atoms in total. The van der Waals surface area contributed by atoms with E-state index < -0.39 is 11.8 Å². The maximum absolute atomic E-state index is 13.3. The lowest BCUT2D eigenvalue weighted by molar-refractivity contribution is -0.149. The van der Waals surface area contributed by atoms with E-state index in [-0.39, 0.29) is 23.4 Å². The molecular weight excluding hydrogens is 334 g/mol. The third-order valence-electron chi connectivity index (χ3n) is 5.37. The molecule has 0 aromatic carbocycles. The summed E-state index contributed by atoms with van der Waals surface area (Å²) < 4.78 is 30.9. The summed E-state index contributed by atoms with van der Waals surface area (Å²) in [5, 5.41) is 3.49. The number of rotatable bonds is 4. The number of fused-ring (bicyclic) bond motifs is 1. The summed E-state index contributed by atoms with van der Waals surface area (Å²) in [6, 6.07) is -0.0399. The van der Waals surface area contributed by atoms with E-state index in [1.165, 1.54) is 11.5 Å². The molecule has 3 atom stereocenters. The Hall–Kier alpha value is -1.31. The molecule has 3 rings (SSSR count). The zero-order chi connectivity index (χ0) is 17.7. The molecule has 0 bridgehead atoms. The normalized spacial score (nSPS) is 28.9. The molecule has 2 aliphatic rings. The monoisotopic (exact) mass is 358 g/mol. The van der Waals surface area contributed by atoms with Crippen LogP contribution in [0.2, 0.25) is 0 Å². The van der Waals surface area contributed by atoms with E-state index in [4.69, 9.17) is 0 Å². The molecule has 1 amide bonds. The van der Waals surface area contributed by atoms with Gasteiger partial charge in [0.1, 0.15) is 5.82 Å². The molecule has 2 fully saturated rings. The Morgan fingerprint density at radius 3 is 2.79 bits per heavy atom. The molecule has 134 valence electrons. The Kier molecular flexibility index (Phi) is 4.30. The summed E-state index contributed by atoms with van der Waals surface area (Å²) in [6.45, 7) is 7.63. The van der Waals surface area contributed by atoms with Gasteiger partial charge < -0.3 is 10.2 Å². The van der Waals surface area contributed by atoms with Gasteiger partial charge in [0.25, 0.3) is 5.91 Å². The lowest BCUT2D eigenvalue weighted by atomic mass is 9.52. The zero-order valence-electron chi connectivity index (χ0n) is 14.5. The van der Waals surface area contributed by atoms with Crippen molar-refractivity contribution in [2.45, 2.75) is 65.0 Å². The van der Waals surface area contributed by atoms with E-state index in [1.54, 1.807) is 0 Å². The summed E-state index contributed by atoms with van der Waals surface area (Å²) in [7, 11) is 0. The molecule has 1 saturated carbocycles. The number of alkyl halides is 2. The fourth-order valence-electron chi connectivity index (χ4n) is 4.23. The Balaban J connectivity index is 1.79. The molecule has 3 unspecified atom stereocenters. The first-order valence-electron chi connectivity index (χ1n) is 8.44. The van der Waals surface area contributed by atoms with Crippen LogP contribution in [0.25, 0.3) is 0 Å². The second kappa shape index (κ2) is 5.89. The topological polar surface area (TPSA) is 58.1 Å². The Morgan fingerprint density at radius 1 is 1.50 bits per heavy atom. The Labute approximate surface area is 145 Å². The van der Waals surface area contributed by atoms with E-state index in [2.05, 4.69) is 19.6 Å². The Morgan fingerprint density at radius 2 is 2.21 bits per heavy atom. The first kappa shape index (κ1) is 17.5. The van der Waals surface area contributed by atoms with Gasteiger partial charge in [0, 0.05) is 54.8 Å². The molecule has 1 aromatic heterocycles. The maximum atomic E-state index is 13.3. The lowest BCUT2D eigenvalue weighted by Gasteiger charge is -2.64. The van der Waals surface area contributed by atoms with Crippen molar-refractivity contribution in [1.82, 2.24) is 14.7 Å². The first-order chi connectivity index (χ1) is 11.2. The number of amides is 1. The van der Waals surface area contributed by atoms with Crippen molar-refractivity contribution in [2.24, 2.45) is 11.3 Å². The number of halogens is 2. The predicted octanol–water partition coefficient (Wildman–Crippen LogP) is 2.87. The largest absolute Gasteiger partial charge is 0.347 e. The van der Waals surface area contributed by atoms with E-state index in [0.29, 0.717) is 6.92 Å². The highest BCUT2D eigenvalue weighted by Gasteiger charge is 2.61.